The quantitative estimate of drug-likeness (QED) is 0.343. The first-order chi connectivity index (χ1) is 17.8. The van der Waals surface area contributed by atoms with E-state index in [1.165, 1.54) is 0 Å². The number of carbonyl (C=O) groups is 2. The van der Waals surface area contributed by atoms with Gasteiger partial charge in [0.05, 0.1) is 5.25 Å². The zero-order valence-electron chi connectivity index (χ0n) is 21.9. The standard InChI is InChI=1S/C30H37N3O3S/c1-30(2,3)36-29(35)33-26(19-23-11-6-4-7-12-23)22-37-27(20-24-13-8-5-9-14-24)28(34)32-18-16-25-15-10-17-31-21-25/h4-15,17,21,26-27H,16,18-20,22H2,1-3H3,(H,32,34)(H,33,35)/t26-,27-/m0/s1. The van der Waals surface area contributed by atoms with Crippen LogP contribution in [0.5, 0.6) is 0 Å². The Labute approximate surface area is 224 Å². The molecular weight excluding hydrogens is 482 g/mol. The highest BCUT2D eigenvalue weighted by atomic mass is 32.2. The summed E-state index contributed by atoms with van der Waals surface area (Å²) in [7, 11) is 0. The minimum Gasteiger partial charge on any atom is -0.444 e. The number of nitrogens with one attached hydrogen (secondary N) is 2. The average Bonchev–Trinajstić information content (AvgIpc) is 2.87. The third-order valence-electron chi connectivity index (χ3n) is 5.54. The molecule has 0 saturated heterocycles. The van der Waals surface area contributed by atoms with E-state index in [9.17, 15) is 9.59 Å². The van der Waals surface area contributed by atoms with Gasteiger partial charge in [-0.1, -0.05) is 66.7 Å². The maximum absolute atomic E-state index is 13.3. The van der Waals surface area contributed by atoms with E-state index in [0.29, 0.717) is 25.1 Å². The highest BCUT2D eigenvalue weighted by molar-refractivity contribution is 8.00. The van der Waals surface area contributed by atoms with Gasteiger partial charge in [0.1, 0.15) is 5.60 Å². The molecule has 0 aliphatic heterocycles. The number of benzene rings is 2. The smallest absolute Gasteiger partial charge is 0.407 e. The van der Waals surface area contributed by atoms with Gasteiger partial charge in [-0.2, -0.15) is 0 Å². The molecule has 1 heterocycles. The summed E-state index contributed by atoms with van der Waals surface area (Å²) in [6.07, 6.45) is 5.08. The molecule has 196 valence electrons. The minimum absolute atomic E-state index is 0.00604. The monoisotopic (exact) mass is 519 g/mol. The molecule has 0 fully saturated rings. The molecular formula is C30H37N3O3S. The molecule has 0 aliphatic rings. The Bertz CT molecular complexity index is 1090. The molecule has 0 radical (unpaired) electrons. The van der Waals surface area contributed by atoms with Crippen molar-refractivity contribution in [3.8, 4) is 0 Å². The lowest BCUT2D eigenvalue weighted by molar-refractivity contribution is -0.120. The average molecular weight is 520 g/mol. The van der Waals surface area contributed by atoms with Crippen molar-refractivity contribution in [1.82, 2.24) is 15.6 Å². The third kappa shape index (κ3) is 11.1. The number of pyridine rings is 1. The van der Waals surface area contributed by atoms with Crippen LogP contribution in [-0.4, -0.2) is 46.2 Å². The Hall–Kier alpha value is -3.32. The predicted molar refractivity (Wildman–Crippen MR) is 151 cm³/mol. The topological polar surface area (TPSA) is 80.3 Å². The van der Waals surface area contributed by atoms with Gasteiger partial charge >= 0.3 is 6.09 Å². The number of amides is 2. The largest absolute Gasteiger partial charge is 0.444 e. The second-order valence-electron chi connectivity index (χ2n) is 9.95. The van der Waals surface area contributed by atoms with Crippen LogP contribution in [0.4, 0.5) is 4.79 Å². The molecule has 2 aromatic carbocycles. The van der Waals surface area contributed by atoms with Crippen molar-refractivity contribution in [2.45, 2.75) is 56.9 Å². The fraction of sp³-hybridized carbons (Fsp3) is 0.367. The first kappa shape index (κ1) is 28.3. The number of alkyl carbamates (subject to hydrolysis) is 1. The van der Waals surface area contributed by atoms with Crippen LogP contribution in [-0.2, 0) is 28.8 Å². The maximum Gasteiger partial charge on any atom is 0.407 e. The molecule has 1 aromatic heterocycles. The second kappa shape index (κ2) is 14.4. The Morgan fingerprint density at radius 3 is 2.11 bits per heavy atom. The molecule has 2 amide bonds. The SMILES string of the molecule is CC(C)(C)OC(=O)N[C@H](CS[C@@H](Cc1ccccc1)C(=O)NCCc1cccnc1)Cc1ccccc1. The van der Waals surface area contributed by atoms with E-state index < -0.39 is 11.7 Å². The van der Waals surface area contributed by atoms with E-state index >= 15 is 0 Å². The normalized spacial score (nSPS) is 12.8. The molecule has 0 aliphatic carbocycles. The van der Waals surface area contributed by atoms with Gasteiger partial charge in [-0.15, -0.1) is 11.8 Å². The number of carbonyl (C=O) groups excluding carboxylic acids is 2. The fourth-order valence-corrected chi connectivity index (χ4v) is 5.01. The van der Waals surface area contributed by atoms with Crippen LogP contribution in [0.15, 0.2) is 85.2 Å². The van der Waals surface area contributed by atoms with E-state index in [4.69, 9.17) is 4.74 Å². The van der Waals surface area contributed by atoms with Gasteiger partial charge in [-0.3, -0.25) is 9.78 Å². The number of thioether (sulfide) groups is 1. The van der Waals surface area contributed by atoms with E-state index in [1.807, 2.05) is 99.8 Å². The minimum atomic E-state index is -0.585. The van der Waals surface area contributed by atoms with Crippen molar-refractivity contribution in [2.24, 2.45) is 0 Å². The lowest BCUT2D eigenvalue weighted by atomic mass is 10.1. The highest BCUT2D eigenvalue weighted by Crippen LogP contribution is 2.20. The summed E-state index contributed by atoms with van der Waals surface area (Å²) in [6.45, 7) is 6.08. The van der Waals surface area contributed by atoms with Crippen LogP contribution in [0.1, 0.15) is 37.5 Å². The van der Waals surface area contributed by atoms with Crippen LogP contribution in [0, 0.1) is 0 Å². The van der Waals surface area contributed by atoms with Crippen LogP contribution in [0.25, 0.3) is 0 Å². The van der Waals surface area contributed by atoms with Crippen molar-refractivity contribution in [3.05, 3.63) is 102 Å². The number of rotatable bonds is 12. The summed E-state index contributed by atoms with van der Waals surface area (Å²) in [5, 5.41) is 5.83. The molecule has 2 atom stereocenters. The molecule has 0 saturated carbocycles. The number of nitrogens with zero attached hydrogens (tertiary/aromatic N) is 1. The summed E-state index contributed by atoms with van der Waals surface area (Å²) < 4.78 is 5.51. The van der Waals surface area contributed by atoms with Crippen LogP contribution in [0.2, 0.25) is 0 Å². The van der Waals surface area contributed by atoms with Gasteiger partial charge in [-0.25, -0.2) is 4.79 Å². The molecule has 6 nitrogen and oxygen atoms in total. The van der Waals surface area contributed by atoms with E-state index in [2.05, 4.69) is 15.6 Å². The van der Waals surface area contributed by atoms with Gasteiger partial charge in [0.15, 0.2) is 0 Å². The molecule has 0 bridgehead atoms. The fourth-order valence-electron chi connectivity index (χ4n) is 3.80. The zero-order valence-corrected chi connectivity index (χ0v) is 22.7. The van der Waals surface area contributed by atoms with Gasteiger partial charge in [-0.05, 0) is 62.8 Å². The summed E-state index contributed by atoms with van der Waals surface area (Å²) in [5.74, 6) is 0.565. The van der Waals surface area contributed by atoms with Crippen LogP contribution in [0.3, 0.4) is 0 Å². The van der Waals surface area contributed by atoms with Crippen LogP contribution >= 0.6 is 11.8 Å². The second-order valence-corrected chi connectivity index (χ2v) is 11.2. The summed E-state index contributed by atoms with van der Waals surface area (Å²) in [5.41, 5.74) is 2.71. The highest BCUT2D eigenvalue weighted by Gasteiger charge is 2.24. The first-order valence-corrected chi connectivity index (χ1v) is 13.7. The summed E-state index contributed by atoms with van der Waals surface area (Å²) in [6, 6.07) is 23.8. The Kier molecular flexibility index (Phi) is 11.0. The molecule has 0 spiro atoms. The van der Waals surface area contributed by atoms with Crippen LogP contribution < -0.4 is 10.6 Å². The third-order valence-corrected chi connectivity index (χ3v) is 6.91. The molecule has 3 aromatic rings. The Morgan fingerprint density at radius 2 is 1.51 bits per heavy atom. The Balaban J connectivity index is 1.67. The van der Waals surface area contributed by atoms with Gasteiger partial charge in [0.25, 0.3) is 0 Å². The maximum atomic E-state index is 13.3. The molecule has 37 heavy (non-hydrogen) atoms. The predicted octanol–water partition coefficient (Wildman–Crippen LogP) is 5.22. The molecule has 0 unspecified atom stereocenters. The lowest BCUT2D eigenvalue weighted by Crippen LogP contribution is -2.43. The van der Waals surface area contributed by atoms with Gasteiger partial charge in [0, 0.05) is 30.7 Å². The van der Waals surface area contributed by atoms with Crippen molar-refractivity contribution < 1.29 is 14.3 Å². The van der Waals surface area contributed by atoms with E-state index in [1.54, 1.807) is 18.0 Å². The number of hydrogen-bond acceptors (Lipinski definition) is 5. The van der Waals surface area contributed by atoms with Gasteiger partial charge < -0.3 is 15.4 Å². The van der Waals surface area contributed by atoms with Crippen molar-refractivity contribution >= 4 is 23.8 Å². The molecule has 7 heteroatoms. The van der Waals surface area contributed by atoms with Gasteiger partial charge in [0.2, 0.25) is 5.91 Å². The van der Waals surface area contributed by atoms with Crippen molar-refractivity contribution in [1.29, 1.82) is 0 Å². The number of hydrogen-bond donors (Lipinski definition) is 2. The van der Waals surface area contributed by atoms with Crippen molar-refractivity contribution in [2.75, 3.05) is 12.3 Å². The van der Waals surface area contributed by atoms with E-state index in [0.717, 1.165) is 23.1 Å². The Morgan fingerprint density at radius 1 is 0.892 bits per heavy atom. The van der Waals surface area contributed by atoms with E-state index in [-0.39, 0.29) is 17.2 Å². The zero-order chi connectivity index (χ0) is 26.5. The summed E-state index contributed by atoms with van der Waals surface area (Å²) in [4.78, 5) is 30.0. The van der Waals surface area contributed by atoms with Crippen molar-refractivity contribution in [3.63, 3.8) is 0 Å². The number of aromatic nitrogens is 1. The molecule has 3 rings (SSSR count). The first-order valence-electron chi connectivity index (χ1n) is 12.6. The molecule has 2 N–H and O–H groups in total. The lowest BCUT2D eigenvalue weighted by Gasteiger charge is -2.25. The number of ether oxygens (including phenoxy) is 1. The summed E-state index contributed by atoms with van der Waals surface area (Å²) >= 11 is 1.56.